The summed E-state index contributed by atoms with van der Waals surface area (Å²) in [6, 6.07) is 0. The van der Waals surface area contributed by atoms with Gasteiger partial charge in [0.1, 0.15) is 0 Å². The van der Waals surface area contributed by atoms with Gasteiger partial charge in [-0.2, -0.15) is 0 Å². The summed E-state index contributed by atoms with van der Waals surface area (Å²) < 4.78 is 0. The number of rotatable bonds is 0. The van der Waals surface area contributed by atoms with E-state index in [1.54, 1.807) is 0 Å². The molecule has 0 aromatic heterocycles. The van der Waals surface area contributed by atoms with Crippen LogP contribution in [-0.2, 0) is 0 Å². The van der Waals surface area contributed by atoms with Crippen molar-refractivity contribution >= 4 is 0 Å². The minimum atomic E-state index is -0.128. The number of hydrogen-bond acceptors (Lipinski definition) is 1. The molecule has 5 rings (SSSR count). The van der Waals surface area contributed by atoms with E-state index in [-0.39, 0.29) is 11.5 Å². The van der Waals surface area contributed by atoms with Crippen LogP contribution in [0.25, 0.3) is 0 Å². The molecule has 0 spiro atoms. The molecular formula is C30H50O. The van der Waals surface area contributed by atoms with Crippen molar-refractivity contribution in [3.05, 3.63) is 11.1 Å². The summed E-state index contributed by atoms with van der Waals surface area (Å²) in [5, 5.41) is 10.9. The maximum absolute atomic E-state index is 10.9. The van der Waals surface area contributed by atoms with Crippen LogP contribution in [0, 0.1) is 44.3 Å². The molecule has 0 aromatic carbocycles. The third-order valence-corrected chi connectivity index (χ3v) is 13.5. The molecule has 3 fully saturated rings. The Morgan fingerprint density at radius 2 is 1.35 bits per heavy atom. The van der Waals surface area contributed by atoms with Crippen LogP contribution in [0.1, 0.15) is 126 Å². The topological polar surface area (TPSA) is 20.2 Å². The van der Waals surface area contributed by atoms with Crippen molar-refractivity contribution in [1.29, 1.82) is 0 Å². The van der Waals surface area contributed by atoms with Crippen molar-refractivity contribution in [2.45, 2.75) is 132 Å². The Morgan fingerprint density at radius 3 is 2.06 bits per heavy atom. The summed E-state index contributed by atoms with van der Waals surface area (Å²) in [4.78, 5) is 0. The molecule has 5 aliphatic rings. The number of aliphatic hydroxyl groups is 1. The molecule has 0 amide bonds. The maximum Gasteiger partial charge on any atom is 0.0594 e. The van der Waals surface area contributed by atoms with Crippen LogP contribution in [0.4, 0.5) is 0 Å². The third kappa shape index (κ3) is 2.54. The number of fused-ring (bicyclic) bond motifs is 6. The predicted octanol–water partition coefficient (Wildman–Crippen LogP) is 8.31. The van der Waals surface area contributed by atoms with E-state index >= 15 is 0 Å². The first-order valence-electron chi connectivity index (χ1n) is 13.7. The van der Waals surface area contributed by atoms with Gasteiger partial charge in [0, 0.05) is 0 Å². The molecule has 0 unspecified atom stereocenters. The molecule has 5 aliphatic carbocycles. The van der Waals surface area contributed by atoms with E-state index in [1.165, 1.54) is 64.2 Å². The fourth-order valence-corrected chi connectivity index (χ4v) is 10.8. The lowest BCUT2D eigenvalue weighted by Gasteiger charge is -2.71. The highest BCUT2D eigenvalue weighted by Gasteiger charge is 2.67. The normalized spacial score (nSPS) is 53.1. The number of allylic oxidation sites excluding steroid dienone is 2. The van der Waals surface area contributed by atoms with E-state index in [0.717, 1.165) is 12.3 Å². The van der Waals surface area contributed by atoms with E-state index in [0.29, 0.717) is 33.0 Å². The van der Waals surface area contributed by atoms with Gasteiger partial charge in [-0.05, 0) is 109 Å². The van der Waals surface area contributed by atoms with E-state index in [2.05, 4.69) is 55.4 Å². The van der Waals surface area contributed by atoms with Crippen LogP contribution < -0.4 is 0 Å². The Balaban J connectivity index is 1.60. The van der Waals surface area contributed by atoms with Gasteiger partial charge in [0.2, 0.25) is 0 Å². The average Bonchev–Trinajstić information content (AvgIpc) is 2.68. The van der Waals surface area contributed by atoms with E-state index in [4.69, 9.17) is 0 Å². The lowest BCUT2D eigenvalue weighted by Crippen LogP contribution is -2.62. The van der Waals surface area contributed by atoms with Gasteiger partial charge in [0.05, 0.1) is 6.10 Å². The van der Waals surface area contributed by atoms with E-state index < -0.39 is 0 Å². The van der Waals surface area contributed by atoms with Gasteiger partial charge >= 0.3 is 0 Å². The fraction of sp³-hybridized carbons (Fsp3) is 0.933. The van der Waals surface area contributed by atoms with Crippen LogP contribution in [0.2, 0.25) is 0 Å². The summed E-state index contributed by atoms with van der Waals surface area (Å²) in [6.45, 7) is 20.6. The zero-order valence-corrected chi connectivity index (χ0v) is 22.0. The predicted molar refractivity (Wildman–Crippen MR) is 131 cm³/mol. The molecule has 3 saturated carbocycles. The van der Waals surface area contributed by atoms with Gasteiger partial charge < -0.3 is 5.11 Å². The van der Waals surface area contributed by atoms with Crippen LogP contribution in [0.5, 0.6) is 0 Å². The van der Waals surface area contributed by atoms with Crippen molar-refractivity contribution < 1.29 is 5.11 Å². The first-order chi connectivity index (χ1) is 14.2. The summed E-state index contributed by atoms with van der Waals surface area (Å²) in [6.07, 6.45) is 14.5. The molecule has 0 radical (unpaired) electrons. The van der Waals surface area contributed by atoms with Gasteiger partial charge in [-0.15, -0.1) is 0 Å². The van der Waals surface area contributed by atoms with Gasteiger partial charge in [0.15, 0.2) is 0 Å². The third-order valence-electron chi connectivity index (χ3n) is 13.5. The van der Waals surface area contributed by atoms with Crippen molar-refractivity contribution in [3.63, 3.8) is 0 Å². The van der Waals surface area contributed by atoms with Crippen LogP contribution in [0.3, 0.4) is 0 Å². The Kier molecular flexibility index (Phi) is 4.66. The molecule has 31 heavy (non-hydrogen) atoms. The fourth-order valence-electron chi connectivity index (χ4n) is 10.8. The summed E-state index contributed by atoms with van der Waals surface area (Å²) >= 11 is 0. The largest absolute Gasteiger partial charge is 0.393 e. The molecule has 0 saturated heterocycles. The molecule has 0 aromatic rings. The molecule has 1 nitrogen and oxygen atoms in total. The molecule has 1 heteroatoms. The number of hydrogen-bond donors (Lipinski definition) is 1. The Hall–Kier alpha value is -0.300. The van der Waals surface area contributed by atoms with E-state index in [1.807, 2.05) is 11.1 Å². The van der Waals surface area contributed by atoms with Crippen molar-refractivity contribution in [2.75, 3.05) is 0 Å². The smallest absolute Gasteiger partial charge is 0.0594 e. The Morgan fingerprint density at radius 1 is 0.645 bits per heavy atom. The lowest BCUT2D eigenvalue weighted by atomic mass is 9.34. The van der Waals surface area contributed by atoms with Crippen LogP contribution >= 0.6 is 0 Å². The molecule has 0 aliphatic heterocycles. The van der Waals surface area contributed by atoms with Crippen molar-refractivity contribution in [2.24, 2.45) is 44.3 Å². The zero-order chi connectivity index (χ0) is 22.7. The van der Waals surface area contributed by atoms with Crippen LogP contribution in [-0.4, -0.2) is 11.2 Å². The molecule has 0 heterocycles. The van der Waals surface area contributed by atoms with E-state index in [9.17, 15) is 5.11 Å². The monoisotopic (exact) mass is 426 g/mol. The minimum Gasteiger partial charge on any atom is -0.393 e. The average molecular weight is 427 g/mol. The molecule has 7 atom stereocenters. The quantitative estimate of drug-likeness (QED) is 0.386. The van der Waals surface area contributed by atoms with Gasteiger partial charge in [-0.1, -0.05) is 73.0 Å². The second-order valence-electron chi connectivity index (χ2n) is 14.8. The molecule has 0 bridgehead atoms. The summed E-state index contributed by atoms with van der Waals surface area (Å²) in [5.41, 5.74) is 5.92. The van der Waals surface area contributed by atoms with Gasteiger partial charge in [-0.3, -0.25) is 0 Å². The summed E-state index contributed by atoms with van der Waals surface area (Å²) in [7, 11) is 0. The second-order valence-corrected chi connectivity index (χ2v) is 14.8. The molecule has 176 valence electrons. The SMILES string of the molecule is CC1(C)[C@@H](O)CC[C@]2(C)C3=C(CC[C@@H]12)[C@@]1(C)CC[C@@]2(C)[C@@H](CCCC2(C)C)[C@]1(C)CC3. The Bertz CT molecular complexity index is 803. The lowest BCUT2D eigenvalue weighted by molar-refractivity contribution is -0.179. The highest BCUT2D eigenvalue weighted by atomic mass is 16.3. The Labute approximate surface area is 192 Å². The van der Waals surface area contributed by atoms with Gasteiger partial charge in [-0.25, -0.2) is 0 Å². The zero-order valence-electron chi connectivity index (χ0n) is 22.0. The van der Waals surface area contributed by atoms with Crippen molar-refractivity contribution in [3.8, 4) is 0 Å². The second kappa shape index (κ2) is 6.43. The first-order valence-corrected chi connectivity index (χ1v) is 13.7. The highest BCUT2D eigenvalue weighted by molar-refractivity contribution is 5.39. The summed E-state index contributed by atoms with van der Waals surface area (Å²) in [5.74, 6) is 1.50. The standard InChI is InChI=1S/C30H50O/c1-25(2)15-9-10-23-29(25,7)19-18-28(6)21-11-12-22-26(3,4)24(31)14-16-27(22,5)20(21)13-17-30(23,28)8/h22-24,31H,9-19H2,1-8H3/t22-,23+,24-,27+,28+,29-,30-/m0/s1. The molecule has 1 N–H and O–H groups in total. The van der Waals surface area contributed by atoms with Gasteiger partial charge in [0.25, 0.3) is 0 Å². The number of aliphatic hydroxyl groups excluding tert-OH is 1. The van der Waals surface area contributed by atoms with Crippen molar-refractivity contribution in [1.82, 2.24) is 0 Å². The first kappa shape index (κ1) is 22.5. The van der Waals surface area contributed by atoms with Crippen LogP contribution in [0.15, 0.2) is 11.1 Å². The highest BCUT2D eigenvalue weighted by Crippen LogP contribution is 2.76. The molecular weight excluding hydrogens is 376 g/mol. The maximum atomic E-state index is 10.9. The minimum absolute atomic E-state index is 0.0473.